The van der Waals surface area contributed by atoms with Crippen LogP contribution >= 0.6 is 11.3 Å². The van der Waals surface area contributed by atoms with Crippen molar-refractivity contribution in [3.63, 3.8) is 0 Å². The van der Waals surface area contributed by atoms with Gasteiger partial charge >= 0.3 is 0 Å². The van der Waals surface area contributed by atoms with E-state index in [4.69, 9.17) is 0 Å². The highest BCUT2D eigenvalue weighted by Crippen LogP contribution is 2.27. The average Bonchev–Trinajstić information content (AvgIpc) is 3.07. The second-order valence-electron chi connectivity index (χ2n) is 6.45. The molecule has 0 aliphatic heterocycles. The van der Waals surface area contributed by atoms with Gasteiger partial charge in [-0.2, -0.15) is 4.98 Å². The number of fused-ring (bicyclic) bond motifs is 1. The summed E-state index contributed by atoms with van der Waals surface area (Å²) in [5.41, 5.74) is 3.29. The SMILES string of the molecule is Cc1nc2cc(Nc3cc(-c4ccccn4)nc(N[C@H](C)CO)n3)ccc2s1. The van der Waals surface area contributed by atoms with Crippen LogP contribution in [0.2, 0.25) is 0 Å². The lowest BCUT2D eigenvalue weighted by molar-refractivity contribution is 0.281. The molecule has 3 heterocycles. The molecule has 0 spiro atoms. The van der Waals surface area contributed by atoms with Crippen LogP contribution in [0, 0.1) is 6.92 Å². The molecule has 28 heavy (non-hydrogen) atoms. The maximum absolute atomic E-state index is 9.34. The number of rotatable bonds is 6. The average molecular weight is 392 g/mol. The molecular formula is C20H20N6OS. The standard InChI is InChI=1S/C20H20N6OS/c1-12(11-27)22-20-25-16(15-5-3-4-8-21-15)10-19(26-20)24-14-6-7-18-17(9-14)23-13(2)28-18/h3-10,12,27H,11H2,1-2H3,(H2,22,24,25,26)/t12-/m1/s1. The number of nitrogens with zero attached hydrogens (tertiary/aromatic N) is 4. The van der Waals surface area contributed by atoms with Crippen molar-refractivity contribution in [3.05, 3.63) is 53.7 Å². The van der Waals surface area contributed by atoms with Crippen molar-refractivity contribution in [2.45, 2.75) is 19.9 Å². The van der Waals surface area contributed by atoms with Gasteiger partial charge in [-0.3, -0.25) is 4.98 Å². The van der Waals surface area contributed by atoms with E-state index in [1.54, 1.807) is 17.5 Å². The molecule has 4 rings (SSSR count). The van der Waals surface area contributed by atoms with Crippen LogP contribution in [0.4, 0.5) is 17.5 Å². The molecule has 0 aliphatic carbocycles. The van der Waals surface area contributed by atoms with E-state index in [0.717, 1.165) is 26.6 Å². The summed E-state index contributed by atoms with van der Waals surface area (Å²) in [5, 5.41) is 16.8. The van der Waals surface area contributed by atoms with Crippen molar-refractivity contribution >= 4 is 39.0 Å². The summed E-state index contributed by atoms with van der Waals surface area (Å²) < 4.78 is 1.15. The van der Waals surface area contributed by atoms with Crippen molar-refractivity contribution in [1.82, 2.24) is 19.9 Å². The molecule has 0 unspecified atom stereocenters. The van der Waals surface area contributed by atoms with Gasteiger partial charge in [0.2, 0.25) is 5.95 Å². The summed E-state index contributed by atoms with van der Waals surface area (Å²) in [6.45, 7) is 3.85. The highest BCUT2D eigenvalue weighted by atomic mass is 32.1. The summed E-state index contributed by atoms with van der Waals surface area (Å²) in [5.74, 6) is 1.06. The number of hydrogen-bond donors (Lipinski definition) is 3. The zero-order valence-electron chi connectivity index (χ0n) is 15.5. The van der Waals surface area contributed by atoms with Gasteiger partial charge in [-0.1, -0.05) is 6.07 Å². The topological polar surface area (TPSA) is 95.9 Å². The van der Waals surface area contributed by atoms with E-state index in [1.807, 2.05) is 50.2 Å². The zero-order chi connectivity index (χ0) is 19.5. The third kappa shape index (κ3) is 4.08. The molecule has 3 N–H and O–H groups in total. The minimum atomic E-state index is -0.166. The Balaban J connectivity index is 1.70. The fourth-order valence-electron chi connectivity index (χ4n) is 2.76. The molecule has 8 heteroatoms. The number of pyridine rings is 1. The number of hydrogen-bond acceptors (Lipinski definition) is 8. The maximum atomic E-state index is 9.34. The Kier molecular flexibility index (Phi) is 5.14. The lowest BCUT2D eigenvalue weighted by Gasteiger charge is -2.14. The first kappa shape index (κ1) is 18.3. The Bertz CT molecular complexity index is 1100. The van der Waals surface area contributed by atoms with Crippen molar-refractivity contribution < 1.29 is 5.11 Å². The summed E-state index contributed by atoms with van der Waals surface area (Å²) in [7, 11) is 0. The van der Waals surface area contributed by atoms with Crippen LogP contribution in [-0.2, 0) is 0 Å². The van der Waals surface area contributed by atoms with Crippen LogP contribution < -0.4 is 10.6 Å². The minimum absolute atomic E-state index is 0.0141. The predicted molar refractivity (Wildman–Crippen MR) is 113 cm³/mol. The second kappa shape index (κ2) is 7.87. The van der Waals surface area contributed by atoms with Crippen molar-refractivity contribution in [2.24, 2.45) is 0 Å². The number of benzene rings is 1. The molecule has 1 atom stereocenters. The van der Waals surface area contributed by atoms with Crippen LogP contribution in [0.1, 0.15) is 11.9 Å². The largest absolute Gasteiger partial charge is 0.394 e. The first-order chi connectivity index (χ1) is 13.6. The molecule has 0 amide bonds. The van der Waals surface area contributed by atoms with Gasteiger partial charge in [0.05, 0.1) is 33.2 Å². The van der Waals surface area contributed by atoms with Crippen LogP contribution in [0.15, 0.2) is 48.7 Å². The monoisotopic (exact) mass is 392 g/mol. The molecule has 0 fully saturated rings. The Hall–Kier alpha value is -3.10. The number of aliphatic hydroxyl groups excluding tert-OH is 1. The van der Waals surface area contributed by atoms with Crippen LogP contribution in [-0.4, -0.2) is 37.7 Å². The molecule has 7 nitrogen and oxygen atoms in total. The van der Waals surface area contributed by atoms with E-state index in [1.165, 1.54) is 0 Å². The molecule has 142 valence electrons. The summed E-state index contributed by atoms with van der Waals surface area (Å²) in [6.07, 6.45) is 1.73. The van der Waals surface area contributed by atoms with E-state index in [0.29, 0.717) is 17.5 Å². The van der Waals surface area contributed by atoms with Crippen molar-refractivity contribution in [2.75, 3.05) is 17.2 Å². The smallest absolute Gasteiger partial charge is 0.225 e. The first-order valence-electron chi connectivity index (χ1n) is 8.93. The van der Waals surface area contributed by atoms with Gasteiger partial charge in [0.25, 0.3) is 0 Å². The number of thiazole rings is 1. The maximum Gasteiger partial charge on any atom is 0.225 e. The predicted octanol–water partition coefficient (Wildman–Crippen LogP) is 3.99. The highest BCUT2D eigenvalue weighted by molar-refractivity contribution is 7.18. The highest BCUT2D eigenvalue weighted by Gasteiger charge is 2.11. The number of anilines is 3. The van der Waals surface area contributed by atoms with Gasteiger partial charge in [-0.25, -0.2) is 9.97 Å². The molecule has 0 radical (unpaired) electrons. The Morgan fingerprint density at radius 2 is 1.96 bits per heavy atom. The van der Waals surface area contributed by atoms with E-state index < -0.39 is 0 Å². The number of aryl methyl sites for hydroxylation is 1. The fraction of sp³-hybridized carbons (Fsp3) is 0.200. The van der Waals surface area contributed by atoms with Crippen LogP contribution in [0.3, 0.4) is 0 Å². The molecule has 3 aromatic heterocycles. The normalized spacial score (nSPS) is 12.1. The Labute approximate surface area is 166 Å². The van der Waals surface area contributed by atoms with Crippen molar-refractivity contribution in [1.29, 1.82) is 0 Å². The Morgan fingerprint density at radius 1 is 1.07 bits per heavy atom. The lowest BCUT2D eigenvalue weighted by Crippen LogP contribution is -2.21. The van der Waals surface area contributed by atoms with E-state index in [-0.39, 0.29) is 12.6 Å². The van der Waals surface area contributed by atoms with Gasteiger partial charge in [0, 0.05) is 24.0 Å². The summed E-state index contributed by atoms with van der Waals surface area (Å²) in [6, 6.07) is 13.4. The number of nitrogens with one attached hydrogen (secondary N) is 2. The fourth-order valence-corrected chi connectivity index (χ4v) is 3.56. The van der Waals surface area contributed by atoms with Gasteiger partial charge in [-0.05, 0) is 44.2 Å². The van der Waals surface area contributed by atoms with Gasteiger partial charge < -0.3 is 15.7 Å². The quantitative estimate of drug-likeness (QED) is 0.456. The van der Waals surface area contributed by atoms with Crippen LogP contribution in [0.5, 0.6) is 0 Å². The number of aromatic nitrogens is 4. The Morgan fingerprint density at radius 3 is 2.75 bits per heavy atom. The molecule has 0 saturated heterocycles. The van der Waals surface area contributed by atoms with Gasteiger partial charge in [0.15, 0.2) is 0 Å². The zero-order valence-corrected chi connectivity index (χ0v) is 16.4. The third-order valence-corrected chi connectivity index (χ3v) is 5.02. The number of aliphatic hydroxyl groups is 1. The van der Waals surface area contributed by atoms with E-state index >= 15 is 0 Å². The second-order valence-corrected chi connectivity index (χ2v) is 7.68. The van der Waals surface area contributed by atoms with Crippen molar-refractivity contribution in [3.8, 4) is 11.4 Å². The van der Waals surface area contributed by atoms with Gasteiger partial charge in [-0.15, -0.1) is 11.3 Å². The molecule has 4 aromatic rings. The minimum Gasteiger partial charge on any atom is -0.394 e. The van der Waals surface area contributed by atoms with E-state index in [2.05, 4.69) is 36.6 Å². The van der Waals surface area contributed by atoms with Crippen LogP contribution in [0.25, 0.3) is 21.6 Å². The molecular weight excluding hydrogens is 372 g/mol. The molecule has 0 saturated carbocycles. The molecule has 1 aromatic carbocycles. The lowest BCUT2D eigenvalue weighted by atomic mass is 10.2. The van der Waals surface area contributed by atoms with E-state index in [9.17, 15) is 5.11 Å². The summed E-state index contributed by atoms with van der Waals surface area (Å²) in [4.78, 5) is 18.0. The summed E-state index contributed by atoms with van der Waals surface area (Å²) >= 11 is 1.67. The third-order valence-electron chi connectivity index (χ3n) is 4.07. The molecule has 0 aliphatic rings. The molecule has 0 bridgehead atoms. The van der Waals surface area contributed by atoms with Gasteiger partial charge in [0.1, 0.15) is 5.82 Å². The first-order valence-corrected chi connectivity index (χ1v) is 9.74.